The van der Waals surface area contributed by atoms with Crippen molar-refractivity contribution in [3.63, 3.8) is 0 Å². The van der Waals surface area contributed by atoms with E-state index in [4.69, 9.17) is 31.1 Å². The van der Waals surface area contributed by atoms with Crippen molar-refractivity contribution in [2.75, 3.05) is 4.90 Å². The zero-order valence-electron chi connectivity index (χ0n) is 31.2. The molecule has 3 heterocycles. The number of rotatable bonds is 9. The van der Waals surface area contributed by atoms with Crippen molar-refractivity contribution in [3.8, 4) is 53.7 Å². The third-order valence-corrected chi connectivity index (χ3v) is 11.0. The van der Waals surface area contributed by atoms with Crippen LogP contribution in [0.25, 0.3) is 18.2 Å². The zero-order valence-corrected chi connectivity index (χ0v) is 33.7. The third kappa shape index (κ3) is 11.3. The van der Waals surface area contributed by atoms with Crippen LogP contribution in [0.5, 0.6) is 0 Å². The number of nitriles is 3. The number of hydrogen-bond donors (Lipinski definition) is 3. The van der Waals surface area contributed by atoms with Crippen LogP contribution in [0.3, 0.4) is 0 Å². The Morgan fingerprint density at radius 3 is 0.902 bits per heavy atom. The summed E-state index contributed by atoms with van der Waals surface area (Å²) < 4.78 is 0. The Morgan fingerprint density at radius 1 is 0.410 bits per heavy atom. The Kier molecular flexibility index (Phi) is 13.5. The number of hydrogen-bond acceptors (Lipinski definition) is 10. The summed E-state index contributed by atoms with van der Waals surface area (Å²) >= 11 is 3.83. The number of thiophene rings is 3. The van der Waals surface area contributed by atoms with Gasteiger partial charge in [0.1, 0.15) is 34.9 Å². The molecule has 61 heavy (non-hydrogen) atoms. The van der Waals surface area contributed by atoms with Gasteiger partial charge >= 0.3 is 17.9 Å². The number of carboxylic acid groups (broad SMARTS) is 3. The van der Waals surface area contributed by atoms with Gasteiger partial charge in [0.05, 0.1) is 14.6 Å². The van der Waals surface area contributed by atoms with Crippen LogP contribution in [0.4, 0.5) is 17.1 Å². The molecule has 3 aromatic carbocycles. The SMILES string of the molecule is N#C/C(=C/c1ccc(C#Cc2ccc(N(c3ccc(C#Cc4ccc(/C=C(/C#N)C(=O)O)s4)cc3)c3ccc(C#Cc4ccc(/C=C(\C#N)C(=O)O)s4)cc3)cc2)s1)C(=O)O. The first kappa shape index (κ1) is 42.0. The van der Waals surface area contributed by atoms with E-state index in [9.17, 15) is 14.4 Å². The van der Waals surface area contributed by atoms with Gasteiger partial charge in [-0.15, -0.1) is 34.0 Å². The first-order chi connectivity index (χ1) is 29.5. The first-order valence-corrected chi connectivity index (χ1v) is 20.0. The lowest BCUT2D eigenvalue weighted by Crippen LogP contribution is -2.09. The molecule has 3 aromatic heterocycles. The highest BCUT2D eigenvalue weighted by atomic mass is 32.1. The predicted molar refractivity (Wildman–Crippen MR) is 236 cm³/mol. The summed E-state index contributed by atoms with van der Waals surface area (Å²) in [6, 6.07) is 38.5. The molecule has 0 unspecified atom stereocenters. The van der Waals surface area contributed by atoms with Crippen LogP contribution in [0.1, 0.15) is 46.0 Å². The van der Waals surface area contributed by atoms with Crippen molar-refractivity contribution in [1.29, 1.82) is 15.8 Å². The Bertz CT molecular complexity index is 2770. The minimum atomic E-state index is -1.29. The average Bonchev–Trinajstić information content (AvgIpc) is 4.04. The molecule has 0 aliphatic heterocycles. The van der Waals surface area contributed by atoms with E-state index in [2.05, 4.69) is 40.4 Å². The van der Waals surface area contributed by atoms with Crippen molar-refractivity contribution in [3.05, 3.63) is 172 Å². The van der Waals surface area contributed by atoms with Crippen LogP contribution in [0.15, 0.2) is 126 Å². The fraction of sp³-hybridized carbons (Fsp3) is 0. The molecule has 10 nitrogen and oxygen atoms in total. The minimum absolute atomic E-state index is 0.359. The second-order valence-corrected chi connectivity index (χ2v) is 15.6. The van der Waals surface area contributed by atoms with Gasteiger partial charge in [-0.1, -0.05) is 35.5 Å². The van der Waals surface area contributed by atoms with Gasteiger partial charge in [-0.2, -0.15) is 15.8 Å². The van der Waals surface area contributed by atoms with Gasteiger partial charge in [0.2, 0.25) is 0 Å². The first-order valence-electron chi connectivity index (χ1n) is 17.5. The normalized spacial score (nSPS) is 10.9. The molecule has 0 radical (unpaired) electrons. The highest BCUT2D eigenvalue weighted by molar-refractivity contribution is 7.14. The molecule has 6 rings (SSSR count). The molecule has 0 spiro atoms. The van der Waals surface area contributed by atoms with Crippen LogP contribution >= 0.6 is 34.0 Å². The van der Waals surface area contributed by atoms with Gasteiger partial charge in [0, 0.05) is 48.4 Å². The summed E-state index contributed by atoms with van der Waals surface area (Å²) in [4.78, 5) is 39.6. The lowest BCUT2D eigenvalue weighted by Gasteiger charge is -2.25. The summed E-state index contributed by atoms with van der Waals surface area (Å²) in [6.07, 6.45) is 3.94. The number of benzene rings is 3. The van der Waals surface area contributed by atoms with E-state index in [1.165, 1.54) is 52.2 Å². The minimum Gasteiger partial charge on any atom is -0.477 e. The molecule has 0 atom stereocenters. The predicted octanol–water partition coefficient (Wildman–Crippen LogP) is 9.52. The highest BCUT2D eigenvalue weighted by Crippen LogP contribution is 2.35. The molecule has 13 heteroatoms. The topological polar surface area (TPSA) is 187 Å². The van der Waals surface area contributed by atoms with E-state index in [-0.39, 0.29) is 16.7 Å². The van der Waals surface area contributed by atoms with E-state index >= 15 is 0 Å². The molecule has 0 bridgehead atoms. The third-order valence-electron chi connectivity index (χ3n) is 8.16. The molecule has 0 amide bonds. The number of aliphatic carboxylic acids is 3. The van der Waals surface area contributed by atoms with E-state index in [1.807, 2.05) is 72.8 Å². The van der Waals surface area contributed by atoms with Crippen LogP contribution < -0.4 is 4.90 Å². The Morgan fingerprint density at radius 2 is 0.672 bits per heavy atom. The van der Waals surface area contributed by atoms with Crippen LogP contribution in [-0.4, -0.2) is 33.2 Å². The number of anilines is 3. The van der Waals surface area contributed by atoms with Crippen LogP contribution in [0.2, 0.25) is 0 Å². The van der Waals surface area contributed by atoms with Crippen molar-refractivity contribution in [2.45, 2.75) is 0 Å². The number of carbonyl (C=O) groups is 3. The quantitative estimate of drug-likeness (QED) is 0.0719. The number of carboxylic acids is 3. The molecular weight excluding hydrogens is 825 g/mol. The summed E-state index contributed by atoms with van der Waals surface area (Å²) in [5.41, 5.74) is 3.65. The average molecular weight is 849 g/mol. The Labute approximate surface area is 361 Å². The van der Waals surface area contributed by atoms with Gasteiger partial charge in [0.15, 0.2) is 0 Å². The van der Waals surface area contributed by atoms with E-state index in [1.54, 1.807) is 54.6 Å². The molecule has 3 N–H and O–H groups in total. The standard InChI is InChI=1S/C48H24N4O6S3/c49-28-34(46(53)54)25-43-22-19-40(59-43)16-7-31-1-10-37(11-2-31)52(38-12-3-32(4-13-38)8-17-41-20-23-44(60-41)26-35(29-50)47(55)56)39-14-5-33(6-15-39)9-18-42-21-24-45(61-42)27-36(30-51)48(57)58/h1-6,10-15,19-27H,(H,53,54)(H,55,56)(H,57,58)/b34-25-,35-26-,36-27+. The maximum atomic E-state index is 11.2. The molecule has 0 saturated carbocycles. The summed E-state index contributed by atoms with van der Waals surface area (Å²) in [5.74, 6) is 14.8. The molecule has 0 aliphatic carbocycles. The van der Waals surface area contributed by atoms with E-state index < -0.39 is 17.9 Å². The zero-order chi connectivity index (χ0) is 43.3. The van der Waals surface area contributed by atoms with Crippen molar-refractivity contribution >= 4 is 87.2 Å². The fourth-order valence-corrected chi connectivity index (χ4v) is 7.69. The van der Waals surface area contributed by atoms with Gasteiger partial charge in [-0.25, -0.2) is 14.4 Å². The maximum Gasteiger partial charge on any atom is 0.346 e. The van der Waals surface area contributed by atoms with E-state index in [0.29, 0.717) is 29.3 Å². The molecule has 290 valence electrons. The van der Waals surface area contributed by atoms with Gasteiger partial charge in [-0.05, 0) is 127 Å². The largest absolute Gasteiger partial charge is 0.477 e. The summed E-state index contributed by atoms with van der Waals surface area (Å²) in [5, 5.41) is 54.7. The van der Waals surface area contributed by atoms with Crippen LogP contribution in [0, 0.1) is 69.5 Å². The monoisotopic (exact) mass is 848 g/mol. The van der Waals surface area contributed by atoms with Crippen molar-refractivity contribution in [2.24, 2.45) is 0 Å². The van der Waals surface area contributed by atoms with Gasteiger partial charge in [0.25, 0.3) is 0 Å². The molecular formula is C48H24N4O6S3. The maximum absolute atomic E-state index is 11.2. The smallest absolute Gasteiger partial charge is 0.346 e. The molecule has 6 aromatic rings. The fourth-order valence-electron chi connectivity index (χ4n) is 5.28. The summed E-state index contributed by atoms with van der Waals surface area (Å²) in [6.45, 7) is 0. The lowest BCUT2D eigenvalue weighted by molar-refractivity contribution is -0.133. The Hall–Kier alpha value is -8.66. The molecule has 0 fully saturated rings. The second-order valence-electron chi connectivity index (χ2n) is 12.3. The lowest BCUT2D eigenvalue weighted by atomic mass is 10.1. The molecule has 0 aliphatic rings. The van der Waals surface area contributed by atoms with Gasteiger partial charge < -0.3 is 20.2 Å². The number of nitrogens with zero attached hydrogens (tertiary/aromatic N) is 4. The second kappa shape index (κ2) is 19.7. The Balaban J connectivity index is 1.27. The summed E-state index contributed by atoms with van der Waals surface area (Å²) in [7, 11) is 0. The van der Waals surface area contributed by atoms with Crippen molar-refractivity contribution < 1.29 is 29.7 Å². The van der Waals surface area contributed by atoms with E-state index in [0.717, 1.165) is 33.8 Å². The van der Waals surface area contributed by atoms with Crippen LogP contribution in [-0.2, 0) is 14.4 Å². The molecule has 0 saturated heterocycles. The highest BCUT2D eigenvalue weighted by Gasteiger charge is 2.13. The van der Waals surface area contributed by atoms with Crippen molar-refractivity contribution in [1.82, 2.24) is 0 Å². The van der Waals surface area contributed by atoms with Gasteiger partial charge in [-0.3, -0.25) is 0 Å².